The van der Waals surface area contributed by atoms with E-state index in [2.05, 4.69) is 24.5 Å². The van der Waals surface area contributed by atoms with Crippen LogP contribution in [0.3, 0.4) is 0 Å². The summed E-state index contributed by atoms with van der Waals surface area (Å²) in [5, 5.41) is 9.65. The molecule has 0 aliphatic rings. The topological polar surface area (TPSA) is 24.1 Å². The second-order valence-corrected chi connectivity index (χ2v) is 7.76. The van der Waals surface area contributed by atoms with Crippen LogP contribution in [0.1, 0.15) is 49.9 Å². The lowest BCUT2D eigenvalue weighted by Gasteiger charge is -2.32. The molecule has 142 valence electrons. The number of hydrogen-bond donors (Lipinski definition) is 2. The van der Waals surface area contributed by atoms with Gasteiger partial charge in [0.1, 0.15) is 0 Å². The highest BCUT2D eigenvalue weighted by Crippen LogP contribution is 2.41. The lowest BCUT2D eigenvalue weighted by Crippen LogP contribution is -2.37. The Morgan fingerprint density at radius 2 is 0.962 bits per heavy atom. The van der Waals surface area contributed by atoms with Crippen molar-refractivity contribution < 1.29 is 0 Å². The summed E-state index contributed by atoms with van der Waals surface area (Å²) < 4.78 is 0. The summed E-state index contributed by atoms with van der Waals surface area (Å²) in [6.07, 6.45) is 1.96. The summed E-state index contributed by atoms with van der Waals surface area (Å²) in [4.78, 5) is 0. The van der Waals surface area contributed by atoms with Crippen LogP contribution in [0.2, 0.25) is 20.1 Å². The minimum absolute atomic E-state index is 0.167. The van der Waals surface area contributed by atoms with Gasteiger partial charge in [-0.2, -0.15) is 0 Å². The molecule has 6 heteroatoms. The standard InChI is InChI=1S/C20H24Cl4N2/c1-3-11-25-19(17-13(21)7-5-8-14(17)22)20(26-12-4-2)18-15(23)9-6-10-16(18)24/h5-10,19-20,25-26H,3-4,11-12H2,1-2H3/t19-,20+. The number of rotatable bonds is 9. The first kappa shape index (κ1) is 21.8. The maximum Gasteiger partial charge on any atom is 0.0549 e. The van der Waals surface area contributed by atoms with Gasteiger partial charge < -0.3 is 10.6 Å². The van der Waals surface area contributed by atoms with Crippen LogP contribution >= 0.6 is 46.4 Å². The SMILES string of the molecule is CCCN[C@H](c1c(Cl)cccc1Cl)[C@@H](NCCC)c1c(Cl)cccc1Cl. The molecule has 2 aromatic rings. The van der Waals surface area contributed by atoms with Gasteiger partial charge in [-0.3, -0.25) is 0 Å². The molecule has 2 nitrogen and oxygen atoms in total. The van der Waals surface area contributed by atoms with Gasteiger partial charge in [-0.1, -0.05) is 72.4 Å². The van der Waals surface area contributed by atoms with Gasteiger partial charge in [0, 0.05) is 31.2 Å². The van der Waals surface area contributed by atoms with E-state index in [1.54, 1.807) is 0 Å². The summed E-state index contributed by atoms with van der Waals surface area (Å²) in [7, 11) is 0. The van der Waals surface area contributed by atoms with Gasteiger partial charge in [0.2, 0.25) is 0 Å². The van der Waals surface area contributed by atoms with E-state index >= 15 is 0 Å². The van der Waals surface area contributed by atoms with Crippen molar-refractivity contribution in [3.8, 4) is 0 Å². The van der Waals surface area contributed by atoms with Crippen LogP contribution in [0.4, 0.5) is 0 Å². The predicted molar refractivity (Wildman–Crippen MR) is 115 cm³/mol. The minimum atomic E-state index is -0.167. The molecule has 0 radical (unpaired) electrons. The van der Waals surface area contributed by atoms with E-state index in [1.807, 2.05) is 36.4 Å². The second kappa shape index (κ2) is 10.8. The molecule has 2 N–H and O–H groups in total. The molecule has 0 aliphatic heterocycles. The number of nitrogens with one attached hydrogen (secondary N) is 2. The first-order valence-electron chi connectivity index (χ1n) is 8.85. The quantitative estimate of drug-likeness (QED) is 0.441. The Bertz CT molecular complexity index is 619. The van der Waals surface area contributed by atoms with Crippen molar-refractivity contribution in [1.82, 2.24) is 10.6 Å². The van der Waals surface area contributed by atoms with E-state index < -0.39 is 0 Å². The van der Waals surface area contributed by atoms with Crippen molar-refractivity contribution in [1.29, 1.82) is 0 Å². The molecule has 0 bridgehead atoms. The zero-order valence-corrected chi connectivity index (χ0v) is 18.0. The molecule has 2 aromatic carbocycles. The highest BCUT2D eigenvalue weighted by atomic mass is 35.5. The molecule has 0 heterocycles. The van der Waals surface area contributed by atoms with E-state index in [1.165, 1.54) is 0 Å². The normalized spacial score (nSPS) is 13.6. The van der Waals surface area contributed by atoms with Crippen molar-refractivity contribution in [2.24, 2.45) is 0 Å². The van der Waals surface area contributed by atoms with Crippen LogP contribution in [0.5, 0.6) is 0 Å². The van der Waals surface area contributed by atoms with Crippen LogP contribution in [-0.4, -0.2) is 13.1 Å². The fourth-order valence-electron chi connectivity index (χ4n) is 2.99. The Hall–Kier alpha value is -0.480. The Morgan fingerprint density at radius 3 is 1.23 bits per heavy atom. The van der Waals surface area contributed by atoms with Crippen molar-refractivity contribution in [3.05, 3.63) is 67.6 Å². The molecule has 0 spiro atoms. The Kier molecular flexibility index (Phi) is 9.02. The first-order chi connectivity index (χ1) is 12.5. The molecule has 0 amide bonds. The molecular formula is C20H24Cl4N2. The summed E-state index contributed by atoms with van der Waals surface area (Å²) in [6.45, 7) is 5.88. The third-order valence-electron chi connectivity index (χ3n) is 4.18. The minimum Gasteiger partial charge on any atom is -0.308 e. The highest BCUT2D eigenvalue weighted by molar-refractivity contribution is 6.37. The molecule has 26 heavy (non-hydrogen) atoms. The van der Waals surface area contributed by atoms with E-state index in [4.69, 9.17) is 46.4 Å². The maximum atomic E-state index is 6.53. The maximum absolute atomic E-state index is 6.53. The molecule has 0 fully saturated rings. The average molecular weight is 434 g/mol. The predicted octanol–water partition coefficient (Wildman–Crippen LogP) is 7.08. The second-order valence-electron chi connectivity index (χ2n) is 6.13. The smallest absolute Gasteiger partial charge is 0.0549 e. The van der Waals surface area contributed by atoms with Crippen LogP contribution in [0.25, 0.3) is 0 Å². The van der Waals surface area contributed by atoms with Gasteiger partial charge >= 0.3 is 0 Å². The molecule has 0 unspecified atom stereocenters. The van der Waals surface area contributed by atoms with E-state index in [9.17, 15) is 0 Å². The summed E-state index contributed by atoms with van der Waals surface area (Å²) in [5.41, 5.74) is 1.71. The van der Waals surface area contributed by atoms with Gasteiger partial charge in [-0.05, 0) is 50.2 Å². The summed E-state index contributed by atoms with van der Waals surface area (Å²) in [5.74, 6) is 0. The van der Waals surface area contributed by atoms with E-state index in [-0.39, 0.29) is 12.1 Å². The van der Waals surface area contributed by atoms with E-state index in [0.29, 0.717) is 20.1 Å². The molecular weight excluding hydrogens is 410 g/mol. The van der Waals surface area contributed by atoms with E-state index in [0.717, 1.165) is 37.1 Å². The van der Waals surface area contributed by atoms with Gasteiger partial charge in [-0.25, -0.2) is 0 Å². The van der Waals surface area contributed by atoms with Gasteiger partial charge in [0.25, 0.3) is 0 Å². The fraction of sp³-hybridized carbons (Fsp3) is 0.400. The van der Waals surface area contributed by atoms with Gasteiger partial charge in [0.05, 0.1) is 12.1 Å². The largest absolute Gasteiger partial charge is 0.308 e. The van der Waals surface area contributed by atoms with Crippen molar-refractivity contribution in [2.75, 3.05) is 13.1 Å². The Balaban J connectivity index is 2.58. The van der Waals surface area contributed by atoms with Gasteiger partial charge in [-0.15, -0.1) is 0 Å². The van der Waals surface area contributed by atoms with Crippen LogP contribution in [0, 0.1) is 0 Å². The fourth-order valence-corrected chi connectivity index (χ4v) is 4.25. The lowest BCUT2D eigenvalue weighted by molar-refractivity contribution is 0.385. The Morgan fingerprint density at radius 1 is 0.654 bits per heavy atom. The number of benzene rings is 2. The zero-order valence-electron chi connectivity index (χ0n) is 15.0. The molecule has 0 aliphatic carbocycles. The van der Waals surface area contributed by atoms with Crippen molar-refractivity contribution in [3.63, 3.8) is 0 Å². The monoisotopic (exact) mass is 432 g/mol. The van der Waals surface area contributed by atoms with Crippen LogP contribution < -0.4 is 10.6 Å². The molecule has 2 rings (SSSR count). The molecule has 0 saturated carbocycles. The third kappa shape index (κ3) is 5.28. The lowest BCUT2D eigenvalue weighted by atomic mass is 9.92. The van der Waals surface area contributed by atoms with Gasteiger partial charge in [0.15, 0.2) is 0 Å². The average Bonchev–Trinajstić information content (AvgIpc) is 2.60. The number of halogens is 4. The van der Waals surface area contributed by atoms with Crippen molar-refractivity contribution >= 4 is 46.4 Å². The molecule has 0 saturated heterocycles. The third-order valence-corrected chi connectivity index (χ3v) is 5.50. The van der Waals surface area contributed by atoms with Crippen LogP contribution in [-0.2, 0) is 0 Å². The van der Waals surface area contributed by atoms with Crippen LogP contribution in [0.15, 0.2) is 36.4 Å². The highest BCUT2D eigenvalue weighted by Gasteiger charge is 2.30. The summed E-state index contributed by atoms with van der Waals surface area (Å²) in [6, 6.07) is 10.8. The first-order valence-corrected chi connectivity index (χ1v) is 10.4. The summed E-state index contributed by atoms with van der Waals surface area (Å²) >= 11 is 26.1. The Labute approximate surface area is 176 Å². The zero-order chi connectivity index (χ0) is 19.1. The molecule has 2 atom stereocenters. The van der Waals surface area contributed by atoms with Crippen molar-refractivity contribution in [2.45, 2.75) is 38.8 Å². The molecule has 0 aromatic heterocycles. The number of hydrogen-bond acceptors (Lipinski definition) is 2.